The molecule has 0 aromatic rings. The maximum atomic E-state index is 11.6. The molecule has 3 heteroatoms. The van der Waals surface area contributed by atoms with Gasteiger partial charge in [0.2, 0.25) is 5.91 Å². The van der Waals surface area contributed by atoms with Crippen molar-refractivity contribution < 1.29 is 4.79 Å². The number of carbonyl (C=O) groups excluding carboxylic acids is 1. The monoisotopic (exact) mass is 212 g/mol. The second-order valence-corrected chi connectivity index (χ2v) is 5.06. The third kappa shape index (κ3) is 4.65. The minimum Gasteiger partial charge on any atom is -0.353 e. The van der Waals surface area contributed by atoms with Crippen LogP contribution < -0.4 is 11.1 Å². The lowest BCUT2D eigenvalue weighted by Gasteiger charge is -2.13. The van der Waals surface area contributed by atoms with Crippen LogP contribution in [0.3, 0.4) is 0 Å². The van der Waals surface area contributed by atoms with Crippen molar-refractivity contribution in [2.24, 2.45) is 17.6 Å². The lowest BCUT2D eigenvalue weighted by molar-refractivity contribution is -0.122. The van der Waals surface area contributed by atoms with E-state index in [2.05, 4.69) is 19.2 Å². The van der Waals surface area contributed by atoms with Crippen LogP contribution in [0, 0.1) is 11.8 Å². The number of rotatable bonds is 5. The molecular weight excluding hydrogens is 188 g/mol. The number of carbonyl (C=O) groups is 1. The largest absolute Gasteiger partial charge is 0.353 e. The molecule has 1 rings (SSSR count). The molecule has 0 aromatic carbocycles. The van der Waals surface area contributed by atoms with Gasteiger partial charge >= 0.3 is 0 Å². The van der Waals surface area contributed by atoms with E-state index in [1.54, 1.807) is 0 Å². The summed E-state index contributed by atoms with van der Waals surface area (Å²) >= 11 is 0. The van der Waals surface area contributed by atoms with Gasteiger partial charge in [-0.05, 0) is 44.1 Å². The van der Waals surface area contributed by atoms with E-state index in [1.165, 1.54) is 6.42 Å². The molecule has 0 saturated heterocycles. The van der Waals surface area contributed by atoms with E-state index in [0.717, 1.165) is 25.2 Å². The van der Waals surface area contributed by atoms with Gasteiger partial charge in [0.1, 0.15) is 0 Å². The van der Waals surface area contributed by atoms with Crippen LogP contribution in [0.25, 0.3) is 0 Å². The standard InChI is InChI=1S/C12H24N2O/c1-9-3-5-11(7-9)14-12(15)6-4-10(2)8-13/h9-11H,3-8,13H2,1-2H3,(H,14,15). The van der Waals surface area contributed by atoms with Crippen molar-refractivity contribution in [1.29, 1.82) is 0 Å². The second kappa shape index (κ2) is 6.11. The van der Waals surface area contributed by atoms with E-state index in [0.29, 0.717) is 24.9 Å². The first-order valence-electron chi connectivity index (χ1n) is 6.11. The summed E-state index contributed by atoms with van der Waals surface area (Å²) in [6, 6.07) is 0.431. The normalized spacial score (nSPS) is 27.7. The van der Waals surface area contributed by atoms with Gasteiger partial charge in [-0.1, -0.05) is 13.8 Å². The maximum Gasteiger partial charge on any atom is 0.220 e. The zero-order valence-electron chi connectivity index (χ0n) is 9.96. The number of hydrogen-bond donors (Lipinski definition) is 2. The smallest absolute Gasteiger partial charge is 0.220 e. The molecule has 1 aliphatic rings. The summed E-state index contributed by atoms with van der Waals surface area (Å²) in [5.74, 6) is 1.44. The Balaban J connectivity index is 2.13. The van der Waals surface area contributed by atoms with Crippen molar-refractivity contribution in [3.63, 3.8) is 0 Å². The Hall–Kier alpha value is -0.570. The van der Waals surface area contributed by atoms with Crippen molar-refractivity contribution in [2.45, 2.75) is 52.0 Å². The Bertz CT molecular complexity index is 206. The zero-order valence-corrected chi connectivity index (χ0v) is 9.96. The van der Waals surface area contributed by atoms with Crippen LogP contribution in [0.4, 0.5) is 0 Å². The molecule has 1 fully saturated rings. The quantitative estimate of drug-likeness (QED) is 0.728. The molecule has 3 unspecified atom stereocenters. The Kier molecular flexibility index (Phi) is 5.09. The van der Waals surface area contributed by atoms with E-state index in [9.17, 15) is 4.79 Å². The van der Waals surface area contributed by atoms with Gasteiger partial charge in [-0.15, -0.1) is 0 Å². The summed E-state index contributed by atoms with van der Waals surface area (Å²) in [5.41, 5.74) is 5.51. The van der Waals surface area contributed by atoms with Crippen LogP contribution in [-0.4, -0.2) is 18.5 Å². The lowest BCUT2D eigenvalue weighted by Crippen LogP contribution is -2.33. The molecule has 3 nitrogen and oxygen atoms in total. The average molecular weight is 212 g/mol. The number of hydrogen-bond acceptors (Lipinski definition) is 2. The third-order valence-electron chi connectivity index (χ3n) is 3.33. The Morgan fingerprint density at radius 2 is 2.27 bits per heavy atom. The van der Waals surface area contributed by atoms with Crippen molar-refractivity contribution >= 4 is 5.91 Å². The van der Waals surface area contributed by atoms with E-state index < -0.39 is 0 Å². The summed E-state index contributed by atoms with van der Waals surface area (Å²) < 4.78 is 0. The number of nitrogens with two attached hydrogens (primary N) is 1. The zero-order chi connectivity index (χ0) is 11.3. The molecule has 0 aromatic heterocycles. The lowest BCUT2D eigenvalue weighted by atomic mass is 10.1. The topological polar surface area (TPSA) is 55.1 Å². The summed E-state index contributed by atoms with van der Waals surface area (Å²) in [6.45, 7) is 5.02. The molecule has 0 bridgehead atoms. The van der Waals surface area contributed by atoms with E-state index >= 15 is 0 Å². The van der Waals surface area contributed by atoms with Crippen molar-refractivity contribution in [2.75, 3.05) is 6.54 Å². The highest BCUT2D eigenvalue weighted by Crippen LogP contribution is 2.24. The van der Waals surface area contributed by atoms with Gasteiger partial charge in [0.05, 0.1) is 0 Å². The van der Waals surface area contributed by atoms with E-state index in [4.69, 9.17) is 5.73 Å². The van der Waals surface area contributed by atoms with Crippen molar-refractivity contribution in [3.05, 3.63) is 0 Å². The minimum absolute atomic E-state index is 0.203. The van der Waals surface area contributed by atoms with Gasteiger partial charge in [-0.3, -0.25) is 4.79 Å². The molecule has 3 N–H and O–H groups in total. The molecule has 0 aliphatic heterocycles. The van der Waals surface area contributed by atoms with Crippen LogP contribution in [0.5, 0.6) is 0 Å². The highest BCUT2D eigenvalue weighted by Gasteiger charge is 2.22. The minimum atomic E-state index is 0.203. The third-order valence-corrected chi connectivity index (χ3v) is 3.33. The number of amides is 1. The van der Waals surface area contributed by atoms with Crippen LogP contribution in [0.2, 0.25) is 0 Å². The van der Waals surface area contributed by atoms with Crippen LogP contribution in [0.15, 0.2) is 0 Å². The van der Waals surface area contributed by atoms with E-state index in [1.807, 2.05) is 0 Å². The Labute approximate surface area is 92.8 Å². The van der Waals surface area contributed by atoms with Gasteiger partial charge in [0, 0.05) is 12.5 Å². The van der Waals surface area contributed by atoms with Crippen LogP contribution in [0.1, 0.15) is 46.0 Å². The van der Waals surface area contributed by atoms with Crippen LogP contribution >= 0.6 is 0 Å². The van der Waals surface area contributed by atoms with Gasteiger partial charge in [0.15, 0.2) is 0 Å². The SMILES string of the molecule is CC(CN)CCC(=O)NC1CCC(C)C1. The summed E-state index contributed by atoms with van der Waals surface area (Å²) in [7, 11) is 0. The summed E-state index contributed by atoms with van der Waals surface area (Å²) in [4.78, 5) is 11.6. The Morgan fingerprint density at radius 1 is 1.53 bits per heavy atom. The highest BCUT2D eigenvalue weighted by molar-refractivity contribution is 5.76. The molecule has 1 saturated carbocycles. The number of nitrogens with one attached hydrogen (secondary N) is 1. The first-order valence-corrected chi connectivity index (χ1v) is 6.11. The van der Waals surface area contributed by atoms with Gasteiger partial charge in [-0.2, -0.15) is 0 Å². The molecule has 1 amide bonds. The molecule has 1 aliphatic carbocycles. The molecule has 0 spiro atoms. The predicted molar refractivity (Wildman–Crippen MR) is 62.4 cm³/mol. The molecule has 15 heavy (non-hydrogen) atoms. The fraction of sp³-hybridized carbons (Fsp3) is 0.917. The van der Waals surface area contributed by atoms with Crippen molar-refractivity contribution in [3.8, 4) is 0 Å². The maximum absolute atomic E-state index is 11.6. The predicted octanol–water partition coefficient (Wildman–Crippen LogP) is 1.67. The molecule has 88 valence electrons. The van der Waals surface area contributed by atoms with Gasteiger partial charge in [-0.25, -0.2) is 0 Å². The fourth-order valence-electron chi connectivity index (χ4n) is 2.13. The molecular formula is C12H24N2O. The first-order chi connectivity index (χ1) is 7.11. The molecule has 0 radical (unpaired) electrons. The van der Waals surface area contributed by atoms with E-state index in [-0.39, 0.29) is 5.91 Å². The summed E-state index contributed by atoms with van der Waals surface area (Å²) in [6.07, 6.45) is 5.09. The molecule has 0 heterocycles. The van der Waals surface area contributed by atoms with Crippen molar-refractivity contribution in [1.82, 2.24) is 5.32 Å². The first kappa shape index (κ1) is 12.5. The second-order valence-electron chi connectivity index (χ2n) is 5.06. The van der Waals surface area contributed by atoms with Gasteiger partial charge in [0.25, 0.3) is 0 Å². The Morgan fingerprint density at radius 3 is 2.80 bits per heavy atom. The fourth-order valence-corrected chi connectivity index (χ4v) is 2.13. The molecule has 3 atom stereocenters. The summed E-state index contributed by atoms with van der Waals surface area (Å²) in [5, 5.41) is 3.11. The van der Waals surface area contributed by atoms with Gasteiger partial charge < -0.3 is 11.1 Å². The highest BCUT2D eigenvalue weighted by atomic mass is 16.1. The van der Waals surface area contributed by atoms with Crippen LogP contribution in [-0.2, 0) is 4.79 Å². The average Bonchev–Trinajstić information content (AvgIpc) is 2.60.